The largest absolute Gasteiger partial charge is 0.475 e. The van der Waals surface area contributed by atoms with Gasteiger partial charge in [-0.15, -0.1) is 0 Å². The second-order valence-electron chi connectivity index (χ2n) is 3.38. The van der Waals surface area contributed by atoms with E-state index in [2.05, 4.69) is 4.98 Å². The van der Waals surface area contributed by atoms with E-state index in [0.717, 1.165) is 5.69 Å². The molecule has 0 aliphatic rings. The van der Waals surface area contributed by atoms with Gasteiger partial charge in [-0.25, -0.2) is 4.79 Å². The zero-order valence-corrected chi connectivity index (χ0v) is 9.00. The van der Waals surface area contributed by atoms with Crippen LogP contribution in [0.2, 0.25) is 0 Å². The number of pyridine rings is 1. The molecule has 17 heavy (non-hydrogen) atoms. The average molecular weight is 233 g/mol. The molecule has 2 aromatic heterocycles. The highest BCUT2D eigenvalue weighted by atomic mass is 16.5. The van der Waals surface area contributed by atoms with Gasteiger partial charge < -0.3 is 14.3 Å². The van der Waals surface area contributed by atoms with Gasteiger partial charge in [0.15, 0.2) is 0 Å². The van der Waals surface area contributed by atoms with Crippen molar-refractivity contribution in [2.45, 2.75) is 13.2 Å². The van der Waals surface area contributed by atoms with Crippen molar-refractivity contribution in [3.63, 3.8) is 0 Å². The first-order valence-corrected chi connectivity index (χ1v) is 5.05. The summed E-state index contributed by atoms with van der Waals surface area (Å²) in [4.78, 5) is 14.7. The van der Waals surface area contributed by atoms with E-state index in [4.69, 9.17) is 14.3 Å². The molecule has 0 unspecified atom stereocenters. The molecular formula is C12H11NO4. The van der Waals surface area contributed by atoms with Crippen LogP contribution in [0.4, 0.5) is 0 Å². The quantitative estimate of drug-likeness (QED) is 0.856. The van der Waals surface area contributed by atoms with Crippen molar-refractivity contribution in [1.82, 2.24) is 4.98 Å². The van der Waals surface area contributed by atoms with Gasteiger partial charge in [-0.2, -0.15) is 0 Å². The Morgan fingerprint density at radius 2 is 2.18 bits per heavy atom. The summed E-state index contributed by atoms with van der Waals surface area (Å²) in [6, 6.07) is 8.55. The number of carbonyl (C=O) groups is 1. The lowest BCUT2D eigenvalue weighted by Gasteiger charge is -2.00. The summed E-state index contributed by atoms with van der Waals surface area (Å²) in [6.45, 7) is 0.591. The highest BCUT2D eigenvalue weighted by Crippen LogP contribution is 2.09. The molecule has 88 valence electrons. The second-order valence-corrected chi connectivity index (χ2v) is 3.38. The van der Waals surface area contributed by atoms with Gasteiger partial charge in [0.2, 0.25) is 5.76 Å². The molecule has 0 atom stereocenters. The minimum absolute atomic E-state index is 0.0820. The van der Waals surface area contributed by atoms with Crippen molar-refractivity contribution in [2.75, 3.05) is 0 Å². The number of rotatable bonds is 5. The summed E-state index contributed by atoms with van der Waals surface area (Å²) in [5.41, 5.74) is 0.817. The molecule has 0 spiro atoms. The molecular weight excluding hydrogens is 222 g/mol. The van der Waals surface area contributed by atoms with Gasteiger partial charge in [-0.3, -0.25) is 4.98 Å². The third-order valence-electron chi connectivity index (χ3n) is 2.09. The minimum atomic E-state index is -1.08. The summed E-state index contributed by atoms with van der Waals surface area (Å²) in [5, 5.41) is 8.66. The predicted molar refractivity (Wildman–Crippen MR) is 58.4 cm³/mol. The molecule has 1 N–H and O–H groups in total. The Hall–Kier alpha value is -2.14. The first-order valence-electron chi connectivity index (χ1n) is 5.05. The first-order chi connectivity index (χ1) is 8.25. The predicted octanol–water partition coefficient (Wildman–Crippen LogP) is 2.09. The Morgan fingerprint density at radius 3 is 2.82 bits per heavy atom. The van der Waals surface area contributed by atoms with Crippen LogP contribution in [-0.4, -0.2) is 16.1 Å². The number of carboxylic acids is 1. The fourth-order valence-corrected chi connectivity index (χ4v) is 1.31. The van der Waals surface area contributed by atoms with E-state index < -0.39 is 5.97 Å². The van der Waals surface area contributed by atoms with Gasteiger partial charge in [0.25, 0.3) is 0 Å². The number of nitrogens with zero attached hydrogens (tertiary/aromatic N) is 1. The second kappa shape index (κ2) is 5.27. The van der Waals surface area contributed by atoms with Gasteiger partial charge in [0.1, 0.15) is 12.4 Å². The number of hydrogen-bond donors (Lipinski definition) is 1. The van der Waals surface area contributed by atoms with Crippen LogP contribution in [0, 0.1) is 0 Å². The van der Waals surface area contributed by atoms with Gasteiger partial charge in [0.05, 0.1) is 12.3 Å². The third-order valence-corrected chi connectivity index (χ3v) is 2.09. The maximum atomic E-state index is 10.6. The molecule has 0 aromatic carbocycles. The van der Waals surface area contributed by atoms with Gasteiger partial charge >= 0.3 is 5.97 Å². The van der Waals surface area contributed by atoms with E-state index in [0.29, 0.717) is 12.4 Å². The van der Waals surface area contributed by atoms with Crippen LogP contribution in [0.3, 0.4) is 0 Å². The number of hydrogen-bond acceptors (Lipinski definition) is 4. The summed E-state index contributed by atoms with van der Waals surface area (Å²) in [7, 11) is 0. The van der Waals surface area contributed by atoms with Crippen LogP contribution in [0.15, 0.2) is 40.9 Å². The van der Waals surface area contributed by atoms with Crippen LogP contribution >= 0.6 is 0 Å². The van der Waals surface area contributed by atoms with Crippen molar-refractivity contribution in [3.05, 3.63) is 53.7 Å². The van der Waals surface area contributed by atoms with E-state index in [1.54, 1.807) is 12.3 Å². The number of carboxylic acid groups (broad SMARTS) is 1. The van der Waals surface area contributed by atoms with Gasteiger partial charge in [-0.1, -0.05) is 6.07 Å². The summed E-state index contributed by atoms with van der Waals surface area (Å²) in [5.74, 6) is -0.680. The Kier molecular flexibility index (Phi) is 3.52. The fourth-order valence-electron chi connectivity index (χ4n) is 1.31. The zero-order chi connectivity index (χ0) is 12.1. The van der Waals surface area contributed by atoms with Crippen molar-refractivity contribution in [3.8, 4) is 0 Å². The topological polar surface area (TPSA) is 72.6 Å². The molecule has 2 aromatic rings. The lowest BCUT2D eigenvalue weighted by molar-refractivity contribution is 0.0639. The SMILES string of the molecule is O=C(O)c1ccc(COCc2ccccn2)o1. The molecule has 2 heterocycles. The Bertz CT molecular complexity index is 492. The first kappa shape index (κ1) is 11.3. The van der Waals surface area contributed by atoms with Crippen LogP contribution in [0.5, 0.6) is 0 Å². The smallest absolute Gasteiger partial charge is 0.371 e. The van der Waals surface area contributed by atoms with Crippen LogP contribution in [-0.2, 0) is 18.0 Å². The molecule has 0 saturated carbocycles. The molecule has 0 saturated heterocycles. The lowest BCUT2D eigenvalue weighted by atomic mass is 10.4. The molecule has 0 amide bonds. The van der Waals surface area contributed by atoms with Crippen molar-refractivity contribution < 1.29 is 19.1 Å². The van der Waals surface area contributed by atoms with Crippen molar-refractivity contribution in [2.24, 2.45) is 0 Å². The number of aromatic nitrogens is 1. The Labute approximate surface area is 97.7 Å². The molecule has 0 fully saturated rings. The van der Waals surface area contributed by atoms with E-state index in [-0.39, 0.29) is 12.4 Å². The molecule has 0 aliphatic heterocycles. The summed E-state index contributed by atoms with van der Waals surface area (Å²) >= 11 is 0. The maximum Gasteiger partial charge on any atom is 0.371 e. The highest BCUT2D eigenvalue weighted by Gasteiger charge is 2.08. The highest BCUT2D eigenvalue weighted by molar-refractivity contribution is 5.84. The van der Waals surface area contributed by atoms with E-state index >= 15 is 0 Å². The Balaban J connectivity index is 1.84. The zero-order valence-electron chi connectivity index (χ0n) is 9.00. The van der Waals surface area contributed by atoms with Crippen LogP contribution in [0.1, 0.15) is 22.0 Å². The molecule has 0 bridgehead atoms. The number of aromatic carboxylic acids is 1. The third kappa shape index (κ3) is 3.15. The van der Waals surface area contributed by atoms with Gasteiger partial charge in [-0.05, 0) is 24.3 Å². The lowest BCUT2D eigenvalue weighted by Crippen LogP contribution is -1.95. The standard InChI is InChI=1S/C12H11NO4/c14-12(15)11-5-4-10(17-11)8-16-7-9-3-1-2-6-13-9/h1-6H,7-8H2,(H,14,15). The number of furan rings is 1. The van der Waals surface area contributed by atoms with Crippen LogP contribution < -0.4 is 0 Å². The van der Waals surface area contributed by atoms with E-state index in [1.807, 2.05) is 18.2 Å². The normalized spacial score (nSPS) is 10.4. The molecule has 0 aliphatic carbocycles. The monoisotopic (exact) mass is 233 g/mol. The Morgan fingerprint density at radius 1 is 1.29 bits per heavy atom. The van der Waals surface area contributed by atoms with Gasteiger partial charge in [0, 0.05) is 6.20 Å². The fraction of sp³-hybridized carbons (Fsp3) is 0.167. The van der Waals surface area contributed by atoms with Crippen LogP contribution in [0.25, 0.3) is 0 Å². The summed E-state index contributed by atoms with van der Waals surface area (Å²) in [6.07, 6.45) is 1.69. The molecule has 5 nitrogen and oxygen atoms in total. The molecule has 2 rings (SSSR count). The summed E-state index contributed by atoms with van der Waals surface area (Å²) < 4.78 is 10.4. The number of ether oxygens (including phenoxy) is 1. The van der Waals surface area contributed by atoms with Crippen molar-refractivity contribution in [1.29, 1.82) is 0 Å². The average Bonchev–Trinajstić information content (AvgIpc) is 2.79. The maximum absolute atomic E-state index is 10.6. The molecule has 0 radical (unpaired) electrons. The van der Waals surface area contributed by atoms with Crippen molar-refractivity contribution >= 4 is 5.97 Å². The van der Waals surface area contributed by atoms with E-state index in [9.17, 15) is 4.79 Å². The molecule has 5 heteroatoms. The minimum Gasteiger partial charge on any atom is -0.475 e. The van der Waals surface area contributed by atoms with E-state index in [1.165, 1.54) is 6.07 Å².